The van der Waals surface area contributed by atoms with Crippen molar-refractivity contribution in [2.45, 2.75) is 77.6 Å². The largest absolute Gasteiger partial charge is 0.361 e. The van der Waals surface area contributed by atoms with Crippen LogP contribution in [0, 0.1) is 11.8 Å². The van der Waals surface area contributed by atoms with Gasteiger partial charge in [0.2, 0.25) is 11.8 Å². The van der Waals surface area contributed by atoms with Crippen LogP contribution in [0.5, 0.6) is 0 Å². The maximum Gasteiger partial charge on any atom is 0.252 e. The molecule has 9 nitrogen and oxygen atoms in total. The van der Waals surface area contributed by atoms with E-state index in [-0.39, 0.29) is 24.0 Å². The van der Waals surface area contributed by atoms with Crippen LogP contribution in [0.1, 0.15) is 63.4 Å². The van der Waals surface area contributed by atoms with Crippen LogP contribution in [-0.2, 0) is 25.5 Å². The first kappa shape index (κ1) is 30.0. The van der Waals surface area contributed by atoms with Gasteiger partial charge in [-0.25, -0.2) is 0 Å². The van der Waals surface area contributed by atoms with Crippen LogP contribution in [0.25, 0.3) is 0 Å². The zero-order valence-corrected chi connectivity index (χ0v) is 23.4. The van der Waals surface area contributed by atoms with E-state index >= 15 is 0 Å². The third-order valence-corrected chi connectivity index (χ3v) is 6.63. The van der Waals surface area contributed by atoms with Crippen molar-refractivity contribution in [3.05, 3.63) is 66.0 Å². The molecule has 210 valence electrons. The molecule has 2 aromatic rings. The van der Waals surface area contributed by atoms with Gasteiger partial charge in [0, 0.05) is 24.4 Å². The third-order valence-electron chi connectivity index (χ3n) is 6.63. The smallest absolute Gasteiger partial charge is 0.252 e. The van der Waals surface area contributed by atoms with E-state index in [1.807, 2.05) is 58.0 Å². The molecular weight excluding hydrogens is 496 g/mol. The van der Waals surface area contributed by atoms with Gasteiger partial charge in [0.1, 0.15) is 17.7 Å². The lowest BCUT2D eigenvalue weighted by Crippen LogP contribution is -2.57. The summed E-state index contributed by atoms with van der Waals surface area (Å²) in [6.45, 7) is 9.92. The molecule has 0 saturated carbocycles. The molecule has 1 saturated heterocycles. The Morgan fingerprint density at radius 2 is 1.36 bits per heavy atom. The van der Waals surface area contributed by atoms with Crippen molar-refractivity contribution in [3.8, 4) is 0 Å². The number of hydrogen-bond donors (Lipinski definition) is 3. The van der Waals surface area contributed by atoms with Gasteiger partial charge in [-0.2, -0.15) is 0 Å². The van der Waals surface area contributed by atoms with Crippen molar-refractivity contribution in [1.82, 2.24) is 20.9 Å². The number of ether oxygens (including phenoxy) is 1. The Morgan fingerprint density at radius 1 is 0.821 bits per heavy atom. The molecule has 3 N–H and O–H groups in total. The summed E-state index contributed by atoms with van der Waals surface area (Å²) in [6.07, 6.45) is 4.07. The number of nitrogens with zero attached hydrogens (tertiary/aromatic N) is 1. The maximum absolute atomic E-state index is 13.6. The minimum atomic E-state index is -0.956. The van der Waals surface area contributed by atoms with Gasteiger partial charge in [-0.3, -0.25) is 24.2 Å². The van der Waals surface area contributed by atoms with E-state index in [9.17, 15) is 19.2 Å². The predicted molar refractivity (Wildman–Crippen MR) is 148 cm³/mol. The van der Waals surface area contributed by atoms with Crippen molar-refractivity contribution in [3.63, 3.8) is 0 Å². The van der Waals surface area contributed by atoms with Crippen LogP contribution < -0.4 is 16.0 Å². The lowest BCUT2D eigenvalue weighted by atomic mass is 9.93. The first-order chi connectivity index (χ1) is 18.5. The number of ketones is 1. The number of nitrogens with one attached hydrogen (secondary N) is 3. The van der Waals surface area contributed by atoms with Gasteiger partial charge in [0.25, 0.3) is 5.91 Å². The van der Waals surface area contributed by atoms with Gasteiger partial charge in [-0.05, 0) is 49.3 Å². The molecule has 0 aliphatic carbocycles. The van der Waals surface area contributed by atoms with E-state index in [0.29, 0.717) is 25.0 Å². The maximum atomic E-state index is 13.6. The van der Waals surface area contributed by atoms with Gasteiger partial charge in [0.05, 0.1) is 12.6 Å². The van der Waals surface area contributed by atoms with Crippen molar-refractivity contribution < 1.29 is 23.9 Å². The predicted octanol–water partition coefficient (Wildman–Crippen LogP) is 2.84. The van der Waals surface area contributed by atoms with Crippen molar-refractivity contribution >= 4 is 23.5 Å². The molecule has 1 aromatic heterocycles. The van der Waals surface area contributed by atoms with Gasteiger partial charge < -0.3 is 20.7 Å². The second kappa shape index (κ2) is 13.5. The summed E-state index contributed by atoms with van der Waals surface area (Å²) in [4.78, 5) is 57.0. The average molecular weight is 537 g/mol. The highest BCUT2D eigenvalue weighted by Gasteiger charge is 2.50. The van der Waals surface area contributed by atoms with Gasteiger partial charge in [-0.15, -0.1) is 0 Å². The van der Waals surface area contributed by atoms with E-state index in [1.54, 1.807) is 19.1 Å². The highest BCUT2D eigenvalue weighted by Crippen LogP contribution is 2.29. The fourth-order valence-corrected chi connectivity index (χ4v) is 4.37. The van der Waals surface area contributed by atoms with E-state index in [2.05, 4.69) is 20.9 Å². The summed E-state index contributed by atoms with van der Waals surface area (Å²) in [5.74, 6) is -1.24. The molecule has 0 unspecified atom stereocenters. The minimum Gasteiger partial charge on any atom is -0.361 e. The summed E-state index contributed by atoms with van der Waals surface area (Å²) in [5.41, 5.74) is 0.351. The number of hydrogen-bond acceptors (Lipinski definition) is 6. The van der Waals surface area contributed by atoms with Crippen molar-refractivity contribution in [2.24, 2.45) is 11.8 Å². The number of carbonyl (C=O) groups is 4. The molecule has 1 aliphatic heterocycles. The summed E-state index contributed by atoms with van der Waals surface area (Å²) < 4.78 is 5.35. The first-order valence-electron chi connectivity index (χ1n) is 13.5. The monoisotopic (exact) mass is 536 g/mol. The molecule has 3 amide bonds. The number of benzene rings is 1. The lowest BCUT2D eigenvalue weighted by molar-refractivity contribution is -0.133. The van der Waals surface area contributed by atoms with Gasteiger partial charge in [-0.1, -0.05) is 58.0 Å². The summed E-state index contributed by atoms with van der Waals surface area (Å²) in [6, 6.07) is 9.93. The second-order valence-corrected chi connectivity index (χ2v) is 11.2. The molecule has 0 bridgehead atoms. The lowest BCUT2D eigenvalue weighted by Gasteiger charge is -2.27. The third kappa shape index (κ3) is 8.99. The minimum absolute atomic E-state index is 0.104. The molecule has 1 aliphatic rings. The Bertz CT molecular complexity index is 1130. The number of aromatic nitrogens is 1. The average Bonchev–Trinajstić information content (AvgIpc) is 3.65. The molecule has 3 rings (SSSR count). The summed E-state index contributed by atoms with van der Waals surface area (Å²) in [5, 5.41) is 8.55. The van der Waals surface area contributed by atoms with Gasteiger partial charge >= 0.3 is 0 Å². The molecule has 9 heteroatoms. The van der Waals surface area contributed by atoms with Crippen LogP contribution in [0.4, 0.5) is 0 Å². The zero-order valence-electron chi connectivity index (χ0n) is 23.4. The molecular formula is C30H40N4O5. The highest BCUT2D eigenvalue weighted by molar-refractivity contribution is 6.00. The Morgan fingerprint density at radius 3 is 1.92 bits per heavy atom. The Kier molecular flexibility index (Phi) is 10.3. The highest BCUT2D eigenvalue weighted by atomic mass is 16.6. The molecule has 39 heavy (non-hydrogen) atoms. The standard InChI is InChI=1S/C30H40N4O5/c1-19(2)15-23(26(35)30(5)18-39-30)32-29(38)25(17-21-9-7-6-8-10-21)34-28(37)24(16-20(3)4)33-27(36)22-11-13-31-14-12-22/h6-14,19-20,23-25H,15-18H2,1-5H3,(H,32,38)(H,33,36)(H,34,37)/t23-,24-,25-,30+/m0/s1. The van der Waals surface area contributed by atoms with Crippen LogP contribution in [-0.4, -0.2) is 58.8 Å². The zero-order chi connectivity index (χ0) is 28.6. The molecule has 1 fully saturated rings. The first-order valence-corrected chi connectivity index (χ1v) is 13.5. The molecule has 0 spiro atoms. The van der Waals surface area contributed by atoms with E-state index in [0.717, 1.165) is 5.56 Å². The molecule has 1 aromatic carbocycles. The molecule has 2 heterocycles. The normalized spacial score (nSPS) is 18.6. The number of rotatable bonds is 14. The number of amides is 3. The SMILES string of the molecule is CC(C)C[C@H](NC(=O)c1ccncc1)C(=O)N[C@@H](Cc1ccccc1)C(=O)N[C@@H](CC(C)C)C(=O)[C@@]1(C)CO1. The topological polar surface area (TPSA) is 130 Å². The quantitative estimate of drug-likeness (QED) is 0.319. The fourth-order valence-electron chi connectivity index (χ4n) is 4.37. The summed E-state index contributed by atoms with van der Waals surface area (Å²) in [7, 11) is 0. The van der Waals surface area contributed by atoms with E-state index < -0.39 is 41.4 Å². The van der Waals surface area contributed by atoms with Gasteiger partial charge in [0.15, 0.2) is 5.78 Å². The summed E-state index contributed by atoms with van der Waals surface area (Å²) >= 11 is 0. The van der Waals surface area contributed by atoms with Crippen LogP contribution >= 0.6 is 0 Å². The van der Waals surface area contributed by atoms with Crippen LogP contribution in [0.3, 0.4) is 0 Å². The van der Waals surface area contributed by atoms with Crippen LogP contribution in [0.2, 0.25) is 0 Å². The fraction of sp³-hybridized carbons (Fsp3) is 0.500. The van der Waals surface area contributed by atoms with E-state index in [1.165, 1.54) is 12.4 Å². The van der Waals surface area contributed by atoms with E-state index in [4.69, 9.17) is 4.74 Å². The van der Waals surface area contributed by atoms with Crippen molar-refractivity contribution in [2.75, 3.05) is 6.61 Å². The number of carbonyl (C=O) groups excluding carboxylic acids is 4. The Labute approximate surface area is 230 Å². The Hall–Kier alpha value is -3.59. The Balaban J connectivity index is 1.80. The number of pyridine rings is 1. The number of Topliss-reactive ketones (excluding diaryl/α,β-unsaturated/α-hetero) is 1. The number of epoxide rings is 1. The molecule has 0 radical (unpaired) electrons. The van der Waals surface area contributed by atoms with Crippen molar-refractivity contribution in [1.29, 1.82) is 0 Å². The second-order valence-electron chi connectivity index (χ2n) is 11.2. The van der Waals surface area contributed by atoms with Crippen LogP contribution in [0.15, 0.2) is 54.9 Å². The molecule has 4 atom stereocenters.